The van der Waals surface area contributed by atoms with Gasteiger partial charge in [-0.05, 0) is 43.5 Å². The van der Waals surface area contributed by atoms with Crippen LogP contribution in [0.2, 0.25) is 5.02 Å². The van der Waals surface area contributed by atoms with Crippen molar-refractivity contribution in [2.45, 2.75) is 39.2 Å². The van der Waals surface area contributed by atoms with E-state index in [0.717, 1.165) is 36.5 Å². The van der Waals surface area contributed by atoms with Gasteiger partial charge in [-0.25, -0.2) is 0 Å². The van der Waals surface area contributed by atoms with Gasteiger partial charge in [-0.2, -0.15) is 0 Å². The lowest BCUT2D eigenvalue weighted by Gasteiger charge is -2.29. The number of benzene rings is 1. The van der Waals surface area contributed by atoms with Crippen LogP contribution in [0.1, 0.15) is 32.3 Å². The number of carbonyl (C=O) groups excluding carboxylic acids is 1. The van der Waals surface area contributed by atoms with Crippen LogP contribution in [0, 0.1) is 5.41 Å². The van der Waals surface area contributed by atoms with Crippen LogP contribution in [0.5, 0.6) is 0 Å². The smallest absolute Gasteiger partial charge is 0.226 e. The van der Waals surface area contributed by atoms with E-state index in [0.29, 0.717) is 6.42 Å². The Labute approximate surface area is 126 Å². The summed E-state index contributed by atoms with van der Waals surface area (Å²) in [5.74, 6) is 0.117. The van der Waals surface area contributed by atoms with Crippen LogP contribution in [0.15, 0.2) is 24.3 Å². The molecule has 2 N–H and O–H groups in total. The summed E-state index contributed by atoms with van der Waals surface area (Å²) in [7, 11) is 0. The summed E-state index contributed by atoms with van der Waals surface area (Å²) in [6, 6.07) is 7.99. The van der Waals surface area contributed by atoms with Crippen molar-refractivity contribution in [1.82, 2.24) is 10.6 Å². The van der Waals surface area contributed by atoms with Crippen LogP contribution < -0.4 is 10.6 Å². The lowest BCUT2D eigenvalue weighted by molar-refractivity contribution is -0.130. The molecule has 1 atom stereocenters. The van der Waals surface area contributed by atoms with E-state index >= 15 is 0 Å². The summed E-state index contributed by atoms with van der Waals surface area (Å²) in [4.78, 5) is 12.5. The summed E-state index contributed by atoms with van der Waals surface area (Å²) in [5.41, 5.74) is 0.668. The second-order valence-corrected chi connectivity index (χ2v) is 6.64. The summed E-state index contributed by atoms with van der Waals surface area (Å²) < 4.78 is 0. The molecule has 1 aromatic carbocycles. The van der Waals surface area contributed by atoms with Gasteiger partial charge in [0.2, 0.25) is 5.91 Å². The van der Waals surface area contributed by atoms with E-state index in [9.17, 15) is 4.79 Å². The Morgan fingerprint density at radius 1 is 1.50 bits per heavy atom. The molecule has 3 nitrogen and oxygen atoms in total. The van der Waals surface area contributed by atoms with Crippen molar-refractivity contribution < 1.29 is 4.79 Å². The summed E-state index contributed by atoms with van der Waals surface area (Å²) in [6.45, 7) is 5.90. The maximum atomic E-state index is 12.5. The first-order chi connectivity index (χ1) is 9.47. The number of halogens is 1. The van der Waals surface area contributed by atoms with Crippen LogP contribution in [-0.2, 0) is 11.2 Å². The van der Waals surface area contributed by atoms with Crippen molar-refractivity contribution in [2.75, 3.05) is 13.1 Å². The summed E-state index contributed by atoms with van der Waals surface area (Å²) in [6.07, 6.45) is 2.88. The first kappa shape index (κ1) is 15.3. The molecule has 2 rings (SSSR count). The third-order valence-corrected chi connectivity index (χ3v) is 4.02. The van der Waals surface area contributed by atoms with Crippen molar-refractivity contribution in [1.29, 1.82) is 0 Å². The Kier molecular flexibility index (Phi) is 5.06. The number of nitrogens with one attached hydrogen (secondary N) is 2. The Hall–Kier alpha value is -1.06. The molecule has 0 radical (unpaired) electrons. The van der Waals surface area contributed by atoms with Gasteiger partial charge in [-0.15, -0.1) is 0 Å². The molecule has 1 fully saturated rings. The molecular weight excluding hydrogens is 272 g/mol. The third kappa shape index (κ3) is 4.22. The highest BCUT2D eigenvalue weighted by molar-refractivity contribution is 6.30. The number of amides is 1. The van der Waals surface area contributed by atoms with E-state index in [4.69, 9.17) is 11.6 Å². The molecule has 4 heteroatoms. The van der Waals surface area contributed by atoms with Gasteiger partial charge in [0.15, 0.2) is 0 Å². The second kappa shape index (κ2) is 6.59. The van der Waals surface area contributed by atoms with Crippen LogP contribution in [-0.4, -0.2) is 25.0 Å². The van der Waals surface area contributed by atoms with E-state index in [1.807, 2.05) is 38.1 Å². The number of rotatable bonds is 4. The normalized spacial score (nSPS) is 19.6. The minimum atomic E-state index is -0.428. The Morgan fingerprint density at radius 2 is 2.30 bits per heavy atom. The summed E-state index contributed by atoms with van der Waals surface area (Å²) >= 11 is 6.00. The third-order valence-electron chi connectivity index (χ3n) is 3.78. The summed E-state index contributed by atoms with van der Waals surface area (Å²) in [5, 5.41) is 7.19. The fourth-order valence-electron chi connectivity index (χ4n) is 2.59. The molecule has 0 bridgehead atoms. The molecule has 1 saturated heterocycles. The highest BCUT2D eigenvalue weighted by Gasteiger charge is 2.30. The Balaban J connectivity index is 1.96. The molecule has 0 aliphatic carbocycles. The molecule has 1 aliphatic rings. The monoisotopic (exact) mass is 294 g/mol. The van der Waals surface area contributed by atoms with Crippen LogP contribution >= 0.6 is 11.6 Å². The predicted molar refractivity (Wildman–Crippen MR) is 83.0 cm³/mol. The lowest BCUT2D eigenvalue weighted by atomic mass is 9.84. The van der Waals surface area contributed by atoms with E-state index in [1.165, 1.54) is 0 Å². The van der Waals surface area contributed by atoms with Crippen LogP contribution in [0.4, 0.5) is 0 Å². The van der Waals surface area contributed by atoms with Crippen molar-refractivity contribution in [2.24, 2.45) is 5.41 Å². The minimum absolute atomic E-state index is 0.117. The fraction of sp³-hybridized carbons (Fsp3) is 0.562. The quantitative estimate of drug-likeness (QED) is 0.896. The molecule has 1 aliphatic heterocycles. The van der Waals surface area contributed by atoms with Gasteiger partial charge in [0.1, 0.15) is 0 Å². The van der Waals surface area contributed by atoms with E-state index < -0.39 is 5.41 Å². The first-order valence-electron chi connectivity index (χ1n) is 7.23. The zero-order valence-corrected chi connectivity index (χ0v) is 13.0. The first-order valence-corrected chi connectivity index (χ1v) is 7.61. The Bertz CT molecular complexity index is 467. The van der Waals surface area contributed by atoms with Crippen LogP contribution in [0.3, 0.4) is 0 Å². The molecular formula is C16H23ClN2O. The Morgan fingerprint density at radius 3 is 2.95 bits per heavy atom. The van der Waals surface area contributed by atoms with Crippen LogP contribution in [0.25, 0.3) is 0 Å². The molecule has 110 valence electrons. The van der Waals surface area contributed by atoms with E-state index in [-0.39, 0.29) is 11.9 Å². The maximum Gasteiger partial charge on any atom is 0.226 e. The molecule has 0 aromatic heterocycles. The van der Waals surface area contributed by atoms with E-state index in [2.05, 4.69) is 10.6 Å². The standard InChI is InChI=1S/C16H23ClN2O/c1-16(2,10-12-5-3-6-13(17)9-12)15(20)19-14-7-4-8-18-11-14/h3,5-6,9,14,18H,4,7-8,10-11H2,1-2H3,(H,19,20)/t14-/m0/s1. The molecule has 0 unspecified atom stereocenters. The van der Waals surface area contributed by atoms with Gasteiger partial charge in [0.25, 0.3) is 0 Å². The van der Waals surface area contributed by atoms with E-state index in [1.54, 1.807) is 0 Å². The average Bonchev–Trinajstić information content (AvgIpc) is 2.39. The molecule has 20 heavy (non-hydrogen) atoms. The van der Waals surface area contributed by atoms with Crippen molar-refractivity contribution in [3.05, 3.63) is 34.9 Å². The highest BCUT2D eigenvalue weighted by Crippen LogP contribution is 2.24. The zero-order valence-electron chi connectivity index (χ0n) is 12.2. The largest absolute Gasteiger partial charge is 0.352 e. The number of hydrogen-bond donors (Lipinski definition) is 2. The highest BCUT2D eigenvalue weighted by atomic mass is 35.5. The second-order valence-electron chi connectivity index (χ2n) is 6.21. The van der Waals surface area contributed by atoms with Crippen molar-refractivity contribution >= 4 is 17.5 Å². The van der Waals surface area contributed by atoms with Gasteiger partial charge >= 0.3 is 0 Å². The number of piperidine rings is 1. The van der Waals surface area contributed by atoms with Gasteiger partial charge < -0.3 is 10.6 Å². The van der Waals surface area contributed by atoms with Gasteiger partial charge in [0.05, 0.1) is 0 Å². The topological polar surface area (TPSA) is 41.1 Å². The van der Waals surface area contributed by atoms with Crippen molar-refractivity contribution in [3.63, 3.8) is 0 Å². The van der Waals surface area contributed by atoms with Gasteiger partial charge in [-0.1, -0.05) is 37.6 Å². The molecule has 1 amide bonds. The fourth-order valence-corrected chi connectivity index (χ4v) is 2.81. The molecule has 1 aromatic rings. The SMILES string of the molecule is CC(C)(Cc1cccc(Cl)c1)C(=O)N[C@H]1CCCNC1. The lowest BCUT2D eigenvalue weighted by Crippen LogP contribution is -2.50. The predicted octanol–water partition coefficient (Wildman–Crippen LogP) is 2.78. The average molecular weight is 295 g/mol. The number of carbonyl (C=O) groups is 1. The zero-order chi connectivity index (χ0) is 14.6. The minimum Gasteiger partial charge on any atom is -0.352 e. The molecule has 0 spiro atoms. The van der Waals surface area contributed by atoms with Gasteiger partial charge in [0, 0.05) is 23.0 Å². The van der Waals surface area contributed by atoms with Gasteiger partial charge in [-0.3, -0.25) is 4.79 Å². The molecule has 0 saturated carbocycles. The molecule has 1 heterocycles. The number of hydrogen-bond acceptors (Lipinski definition) is 2. The maximum absolute atomic E-state index is 12.5. The van der Waals surface area contributed by atoms with Crippen molar-refractivity contribution in [3.8, 4) is 0 Å².